The molecule has 0 saturated heterocycles. The van der Waals surface area contributed by atoms with Gasteiger partial charge in [0.05, 0.1) is 5.56 Å². The third kappa shape index (κ3) is 8.94. The molecule has 0 aromatic heterocycles. The van der Waals surface area contributed by atoms with Gasteiger partial charge in [0, 0.05) is 27.2 Å². The first-order valence-electron chi connectivity index (χ1n) is 7.62. The van der Waals surface area contributed by atoms with Gasteiger partial charge in [-0.15, -0.1) is 24.0 Å². The number of likely N-dealkylation sites (N-methyl/N-ethyl adjacent to an activating group) is 1. The number of benzene rings is 1. The van der Waals surface area contributed by atoms with Gasteiger partial charge in [0.25, 0.3) is 0 Å². The summed E-state index contributed by atoms with van der Waals surface area (Å²) in [4.78, 5) is 17.2. The predicted octanol–water partition coefficient (Wildman–Crippen LogP) is 2.51. The van der Waals surface area contributed by atoms with E-state index in [4.69, 9.17) is 0 Å². The number of carbonyl (C=O) groups is 1. The molecule has 0 bridgehead atoms. The van der Waals surface area contributed by atoms with E-state index in [0.29, 0.717) is 25.5 Å². The standard InChI is InChI=1S/C16H23F3N4O.HI/c1-4-20-15(22-11-14(24)23(2)3)21-10-9-12-5-7-13(8-6-12)16(17,18)19;/h5-8H,4,9-11H2,1-3H3,(H2,20,21,22);1H. The quantitative estimate of drug-likeness (QED) is 0.380. The third-order valence-electron chi connectivity index (χ3n) is 3.20. The molecule has 1 rings (SSSR count). The van der Waals surface area contributed by atoms with Gasteiger partial charge in [-0.2, -0.15) is 13.2 Å². The molecule has 142 valence electrons. The molecule has 0 fully saturated rings. The lowest BCUT2D eigenvalue weighted by Gasteiger charge is -2.13. The highest BCUT2D eigenvalue weighted by atomic mass is 127. The SMILES string of the molecule is CCNC(=NCC(=O)N(C)C)NCCc1ccc(C(F)(F)F)cc1.I. The van der Waals surface area contributed by atoms with E-state index in [1.54, 1.807) is 14.1 Å². The summed E-state index contributed by atoms with van der Waals surface area (Å²) in [6, 6.07) is 5.07. The van der Waals surface area contributed by atoms with E-state index in [-0.39, 0.29) is 36.4 Å². The summed E-state index contributed by atoms with van der Waals surface area (Å²) in [5.74, 6) is 0.384. The molecule has 25 heavy (non-hydrogen) atoms. The average Bonchev–Trinajstić information content (AvgIpc) is 2.51. The fourth-order valence-electron chi connectivity index (χ4n) is 1.82. The second kappa shape index (κ2) is 11.2. The number of rotatable bonds is 6. The summed E-state index contributed by atoms with van der Waals surface area (Å²) in [5, 5.41) is 6.07. The molecule has 2 N–H and O–H groups in total. The van der Waals surface area contributed by atoms with E-state index in [9.17, 15) is 18.0 Å². The summed E-state index contributed by atoms with van der Waals surface area (Å²) >= 11 is 0. The van der Waals surface area contributed by atoms with E-state index >= 15 is 0 Å². The molecule has 0 aliphatic carbocycles. The summed E-state index contributed by atoms with van der Waals surface area (Å²) in [5.41, 5.74) is 0.132. The number of carbonyl (C=O) groups excluding carboxylic acids is 1. The van der Waals surface area contributed by atoms with Gasteiger partial charge in [0.15, 0.2) is 5.96 Å². The van der Waals surface area contributed by atoms with Crippen molar-refractivity contribution in [1.82, 2.24) is 15.5 Å². The summed E-state index contributed by atoms with van der Waals surface area (Å²) in [6.07, 6.45) is -3.77. The first kappa shape index (κ1) is 23.5. The number of hydrogen-bond acceptors (Lipinski definition) is 2. The Morgan fingerprint density at radius 2 is 1.76 bits per heavy atom. The van der Waals surface area contributed by atoms with Crippen LogP contribution < -0.4 is 10.6 Å². The number of aliphatic imine (C=N–C) groups is 1. The lowest BCUT2D eigenvalue weighted by molar-refractivity contribution is -0.137. The van der Waals surface area contributed by atoms with Crippen LogP contribution in [0, 0.1) is 0 Å². The molecule has 1 aromatic rings. The molecule has 0 aliphatic rings. The highest BCUT2D eigenvalue weighted by molar-refractivity contribution is 14.0. The molecular weight excluding hydrogens is 448 g/mol. The zero-order valence-corrected chi connectivity index (χ0v) is 16.8. The average molecular weight is 472 g/mol. The highest BCUT2D eigenvalue weighted by Crippen LogP contribution is 2.29. The monoisotopic (exact) mass is 472 g/mol. The van der Waals surface area contributed by atoms with E-state index in [1.165, 1.54) is 17.0 Å². The topological polar surface area (TPSA) is 56.7 Å². The smallest absolute Gasteiger partial charge is 0.357 e. The van der Waals surface area contributed by atoms with Gasteiger partial charge < -0.3 is 15.5 Å². The molecule has 0 unspecified atom stereocenters. The second-order valence-corrected chi connectivity index (χ2v) is 5.35. The van der Waals surface area contributed by atoms with Crippen LogP contribution in [0.3, 0.4) is 0 Å². The van der Waals surface area contributed by atoms with Crippen LogP contribution in [-0.2, 0) is 17.4 Å². The van der Waals surface area contributed by atoms with Crippen molar-refractivity contribution in [3.8, 4) is 0 Å². The minimum atomic E-state index is -4.32. The number of nitrogens with zero attached hydrogens (tertiary/aromatic N) is 2. The van der Waals surface area contributed by atoms with E-state index in [2.05, 4.69) is 15.6 Å². The molecule has 0 radical (unpaired) electrons. The van der Waals surface area contributed by atoms with Crippen molar-refractivity contribution in [2.45, 2.75) is 19.5 Å². The van der Waals surface area contributed by atoms with E-state index in [1.807, 2.05) is 6.92 Å². The van der Waals surface area contributed by atoms with Crippen LogP contribution in [0.15, 0.2) is 29.3 Å². The Bertz CT molecular complexity index is 559. The maximum absolute atomic E-state index is 12.5. The molecule has 5 nitrogen and oxygen atoms in total. The van der Waals surface area contributed by atoms with E-state index in [0.717, 1.165) is 17.7 Å². The molecule has 0 saturated carbocycles. The fraction of sp³-hybridized carbons (Fsp3) is 0.500. The zero-order chi connectivity index (χ0) is 18.2. The molecule has 1 aromatic carbocycles. The van der Waals surface area contributed by atoms with Gasteiger partial charge in [0.2, 0.25) is 5.91 Å². The van der Waals surface area contributed by atoms with Crippen molar-refractivity contribution < 1.29 is 18.0 Å². The van der Waals surface area contributed by atoms with Crippen molar-refractivity contribution in [3.63, 3.8) is 0 Å². The number of halogens is 4. The van der Waals surface area contributed by atoms with E-state index < -0.39 is 11.7 Å². The third-order valence-corrected chi connectivity index (χ3v) is 3.20. The lowest BCUT2D eigenvalue weighted by atomic mass is 10.1. The van der Waals surface area contributed by atoms with Crippen LogP contribution in [0.25, 0.3) is 0 Å². The number of amides is 1. The number of hydrogen-bond donors (Lipinski definition) is 2. The molecule has 1 amide bonds. The van der Waals surface area contributed by atoms with Crippen molar-refractivity contribution in [2.24, 2.45) is 4.99 Å². The first-order chi connectivity index (χ1) is 11.2. The first-order valence-corrected chi connectivity index (χ1v) is 7.62. The summed E-state index contributed by atoms with van der Waals surface area (Å²) in [6.45, 7) is 3.07. The summed E-state index contributed by atoms with van der Waals surface area (Å²) in [7, 11) is 3.31. The molecule has 0 spiro atoms. The fourth-order valence-corrected chi connectivity index (χ4v) is 1.82. The lowest BCUT2D eigenvalue weighted by Crippen LogP contribution is -2.39. The van der Waals surface area contributed by atoms with Gasteiger partial charge in [-0.05, 0) is 31.0 Å². The number of nitrogens with one attached hydrogen (secondary N) is 2. The van der Waals surface area contributed by atoms with Crippen LogP contribution in [-0.4, -0.2) is 50.5 Å². The zero-order valence-electron chi connectivity index (χ0n) is 14.5. The van der Waals surface area contributed by atoms with Crippen molar-refractivity contribution in [1.29, 1.82) is 0 Å². The Kier molecular flexibility index (Phi) is 10.5. The Morgan fingerprint density at radius 3 is 2.24 bits per heavy atom. The van der Waals surface area contributed by atoms with Crippen molar-refractivity contribution >= 4 is 35.8 Å². The minimum absolute atomic E-state index is 0. The molecular formula is C16H24F3IN4O. The Morgan fingerprint density at radius 1 is 1.16 bits per heavy atom. The predicted molar refractivity (Wildman–Crippen MR) is 103 cm³/mol. The Balaban J connectivity index is 0.00000576. The second-order valence-electron chi connectivity index (χ2n) is 5.35. The Hall–Kier alpha value is -1.52. The van der Waals surface area contributed by atoms with Gasteiger partial charge >= 0.3 is 6.18 Å². The molecule has 0 heterocycles. The molecule has 0 atom stereocenters. The number of alkyl halides is 3. The van der Waals surface area contributed by atoms with Crippen LogP contribution in [0.2, 0.25) is 0 Å². The van der Waals surface area contributed by atoms with Crippen LogP contribution in [0.1, 0.15) is 18.1 Å². The molecule has 9 heteroatoms. The maximum atomic E-state index is 12.5. The summed E-state index contributed by atoms with van der Waals surface area (Å²) < 4.78 is 37.5. The Labute approximate surface area is 163 Å². The highest BCUT2D eigenvalue weighted by Gasteiger charge is 2.29. The largest absolute Gasteiger partial charge is 0.416 e. The molecule has 0 aliphatic heterocycles. The van der Waals surface area contributed by atoms with Crippen molar-refractivity contribution in [3.05, 3.63) is 35.4 Å². The van der Waals surface area contributed by atoms with Crippen LogP contribution in [0.4, 0.5) is 13.2 Å². The normalized spacial score (nSPS) is 11.5. The van der Waals surface area contributed by atoms with Crippen molar-refractivity contribution in [2.75, 3.05) is 33.7 Å². The van der Waals surface area contributed by atoms with Crippen LogP contribution >= 0.6 is 24.0 Å². The van der Waals surface area contributed by atoms with Crippen LogP contribution in [0.5, 0.6) is 0 Å². The van der Waals surface area contributed by atoms with Gasteiger partial charge in [-0.1, -0.05) is 12.1 Å². The van der Waals surface area contributed by atoms with Gasteiger partial charge in [-0.25, -0.2) is 4.99 Å². The maximum Gasteiger partial charge on any atom is 0.416 e. The number of guanidine groups is 1. The van der Waals surface area contributed by atoms with Gasteiger partial charge in [-0.3, -0.25) is 4.79 Å². The van der Waals surface area contributed by atoms with Gasteiger partial charge in [0.1, 0.15) is 6.54 Å². The minimum Gasteiger partial charge on any atom is -0.357 e.